The van der Waals surface area contributed by atoms with Crippen LogP contribution in [-0.4, -0.2) is 69.8 Å². The molecule has 37 heavy (non-hydrogen) atoms. The number of sulfonamides is 1. The summed E-state index contributed by atoms with van der Waals surface area (Å²) in [6, 6.07) is 13.8. The minimum absolute atomic E-state index is 0.117. The third-order valence-electron chi connectivity index (χ3n) is 6.85. The highest BCUT2D eigenvalue weighted by Gasteiger charge is 2.31. The van der Waals surface area contributed by atoms with E-state index in [0.717, 1.165) is 41.8 Å². The number of ether oxygens (including phenoxy) is 2. The third kappa shape index (κ3) is 6.94. The van der Waals surface area contributed by atoms with Crippen molar-refractivity contribution in [2.75, 3.05) is 36.9 Å². The number of nitrogens with zero attached hydrogens (tertiary/aromatic N) is 2. The molecule has 1 N–H and O–H groups in total. The van der Waals surface area contributed by atoms with Crippen molar-refractivity contribution in [3.63, 3.8) is 0 Å². The fourth-order valence-corrected chi connectivity index (χ4v) is 5.60. The molecule has 9 nitrogen and oxygen atoms in total. The number of hydrogen-bond donors (Lipinski definition) is 1. The smallest absolute Gasteiger partial charge is 0.244 e. The van der Waals surface area contributed by atoms with Gasteiger partial charge in [0.2, 0.25) is 21.8 Å². The van der Waals surface area contributed by atoms with Crippen LogP contribution in [0.2, 0.25) is 0 Å². The zero-order valence-electron chi connectivity index (χ0n) is 21.4. The molecular weight excluding hydrogens is 494 g/mol. The van der Waals surface area contributed by atoms with Crippen LogP contribution < -0.4 is 19.1 Å². The fourth-order valence-electron chi connectivity index (χ4n) is 4.76. The molecule has 1 atom stereocenters. The summed E-state index contributed by atoms with van der Waals surface area (Å²) in [6.07, 6.45) is 5.62. The lowest BCUT2D eigenvalue weighted by atomic mass is 10.1. The summed E-state index contributed by atoms with van der Waals surface area (Å²) in [5.41, 5.74) is 1.32. The molecule has 0 spiro atoms. The van der Waals surface area contributed by atoms with Crippen LogP contribution >= 0.6 is 0 Å². The first-order valence-corrected chi connectivity index (χ1v) is 14.6. The highest BCUT2D eigenvalue weighted by Crippen LogP contribution is 2.34. The molecule has 1 saturated carbocycles. The molecule has 1 aliphatic heterocycles. The number of nitrogens with one attached hydrogen (secondary N) is 1. The Bertz CT molecular complexity index is 1200. The van der Waals surface area contributed by atoms with Gasteiger partial charge in [0.25, 0.3) is 0 Å². The molecule has 200 valence electrons. The Labute approximate surface area is 218 Å². The number of benzene rings is 2. The quantitative estimate of drug-likeness (QED) is 0.508. The van der Waals surface area contributed by atoms with E-state index in [4.69, 9.17) is 9.47 Å². The summed E-state index contributed by atoms with van der Waals surface area (Å²) in [7, 11) is -3.82. The van der Waals surface area contributed by atoms with Crippen LogP contribution in [0.1, 0.15) is 38.2 Å². The third-order valence-corrected chi connectivity index (χ3v) is 7.99. The topological polar surface area (TPSA) is 105 Å². The molecule has 0 bridgehead atoms. The van der Waals surface area contributed by atoms with E-state index in [9.17, 15) is 18.0 Å². The molecule has 2 aliphatic rings. The van der Waals surface area contributed by atoms with Crippen molar-refractivity contribution in [1.29, 1.82) is 0 Å². The van der Waals surface area contributed by atoms with Crippen molar-refractivity contribution in [2.24, 2.45) is 0 Å². The van der Waals surface area contributed by atoms with Crippen molar-refractivity contribution >= 4 is 27.5 Å². The molecule has 10 heteroatoms. The van der Waals surface area contributed by atoms with Crippen LogP contribution in [-0.2, 0) is 26.0 Å². The Kier molecular flexibility index (Phi) is 8.58. The molecule has 4 rings (SSSR count). The van der Waals surface area contributed by atoms with Gasteiger partial charge in [-0.1, -0.05) is 43.2 Å². The first kappa shape index (κ1) is 26.8. The molecule has 2 aromatic rings. The predicted octanol–water partition coefficient (Wildman–Crippen LogP) is 2.74. The summed E-state index contributed by atoms with van der Waals surface area (Å²) in [5, 5.41) is 3.07. The van der Waals surface area contributed by atoms with Gasteiger partial charge in [-0.25, -0.2) is 8.42 Å². The van der Waals surface area contributed by atoms with Crippen molar-refractivity contribution in [3.8, 4) is 11.5 Å². The molecular formula is C27H35N3O6S. The summed E-state index contributed by atoms with van der Waals surface area (Å²) in [6.45, 7) is 2.31. The van der Waals surface area contributed by atoms with Gasteiger partial charge in [-0.3, -0.25) is 13.9 Å². The molecule has 0 saturated heterocycles. The maximum Gasteiger partial charge on any atom is 0.244 e. The lowest BCUT2D eigenvalue weighted by molar-refractivity contribution is -0.139. The molecule has 0 radical (unpaired) electrons. The second kappa shape index (κ2) is 11.9. The Morgan fingerprint density at radius 1 is 1.03 bits per heavy atom. The summed E-state index contributed by atoms with van der Waals surface area (Å²) < 4.78 is 37.7. The molecule has 2 aromatic carbocycles. The van der Waals surface area contributed by atoms with Gasteiger partial charge < -0.3 is 19.7 Å². The second-order valence-electron chi connectivity index (χ2n) is 9.59. The Hall–Kier alpha value is -3.27. The molecule has 2 amide bonds. The lowest BCUT2D eigenvalue weighted by Gasteiger charge is -2.32. The number of carbonyl (C=O) groups excluding carboxylic acids is 2. The molecule has 1 fully saturated rings. The SMILES string of the molecule is C[C@H](C(=O)NC1CCCC1)N(CCc1ccccc1)C(=O)CN(c1ccc2c(c1)OCCO2)S(C)(=O)=O. The average molecular weight is 530 g/mol. The van der Waals surface area contributed by atoms with Gasteiger partial charge in [-0.05, 0) is 43.9 Å². The maximum absolute atomic E-state index is 13.7. The number of fused-ring (bicyclic) bond motifs is 1. The zero-order chi connectivity index (χ0) is 26.4. The molecule has 0 aromatic heterocycles. The first-order chi connectivity index (χ1) is 17.7. The average Bonchev–Trinajstić information content (AvgIpc) is 3.40. The van der Waals surface area contributed by atoms with Crippen LogP contribution in [0.15, 0.2) is 48.5 Å². The van der Waals surface area contributed by atoms with Crippen molar-refractivity contribution in [2.45, 2.75) is 51.1 Å². The van der Waals surface area contributed by atoms with Crippen LogP contribution in [0, 0.1) is 0 Å². The molecule has 1 heterocycles. The summed E-state index contributed by atoms with van der Waals surface area (Å²) in [5.74, 6) is 0.274. The maximum atomic E-state index is 13.7. The monoisotopic (exact) mass is 529 g/mol. The van der Waals surface area contributed by atoms with Crippen LogP contribution in [0.3, 0.4) is 0 Å². The normalized spacial score (nSPS) is 16.2. The van der Waals surface area contributed by atoms with Gasteiger partial charge >= 0.3 is 0 Å². The van der Waals surface area contributed by atoms with Gasteiger partial charge in [-0.2, -0.15) is 0 Å². The van der Waals surface area contributed by atoms with Gasteiger partial charge in [-0.15, -0.1) is 0 Å². The van der Waals surface area contributed by atoms with E-state index in [-0.39, 0.29) is 18.5 Å². The van der Waals surface area contributed by atoms with Gasteiger partial charge in [0.05, 0.1) is 11.9 Å². The Balaban J connectivity index is 1.55. The predicted molar refractivity (Wildman–Crippen MR) is 141 cm³/mol. The zero-order valence-corrected chi connectivity index (χ0v) is 22.2. The minimum atomic E-state index is -3.82. The van der Waals surface area contributed by atoms with Crippen molar-refractivity contribution < 1.29 is 27.5 Å². The first-order valence-electron chi connectivity index (χ1n) is 12.7. The van der Waals surface area contributed by atoms with E-state index in [1.165, 1.54) is 4.90 Å². The van der Waals surface area contributed by atoms with Crippen LogP contribution in [0.5, 0.6) is 11.5 Å². The highest BCUT2D eigenvalue weighted by atomic mass is 32.2. The van der Waals surface area contributed by atoms with Crippen molar-refractivity contribution in [3.05, 3.63) is 54.1 Å². The molecule has 1 aliphatic carbocycles. The van der Waals surface area contributed by atoms with Gasteiger partial charge in [0.15, 0.2) is 11.5 Å². The number of amides is 2. The number of hydrogen-bond acceptors (Lipinski definition) is 6. The Morgan fingerprint density at radius 2 is 1.70 bits per heavy atom. The summed E-state index contributed by atoms with van der Waals surface area (Å²) >= 11 is 0. The largest absolute Gasteiger partial charge is 0.486 e. The second-order valence-corrected chi connectivity index (χ2v) is 11.5. The van der Waals surface area contributed by atoms with E-state index in [1.807, 2.05) is 30.3 Å². The Morgan fingerprint density at radius 3 is 2.38 bits per heavy atom. The fraction of sp³-hybridized carbons (Fsp3) is 0.481. The lowest BCUT2D eigenvalue weighted by Crippen LogP contribution is -2.53. The number of anilines is 1. The highest BCUT2D eigenvalue weighted by molar-refractivity contribution is 7.92. The number of carbonyl (C=O) groups is 2. The van der Waals surface area contributed by atoms with Gasteiger partial charge in [0.1, 0.15) is 25.8 Å². The molecule has 0 unspecified atom stereocenters. The standard InChI is InChI=1S/C27H35N3O6S/c1-20(27(32)28-22-10-6-7-11-22)29(15-14-21-8-4-3-5-9-21)26(31)19-30(37(2,33)34)23-12-13-24-25(18-23)36-17-16-35-24/h3-5,8-9,12-13,18,20,22H,6-7,10-11,14-17,19H2,1-2H3,(H,28,32)/t20-/m1/s1. The van der Waals surface area contributed by atoms with E-state index < -0.39 is 28.5 Å². The summed E-state index contributed by atoms with van der Waals surface area (Å²) in [4.78, 5) is 28.2. The van der Waals surface area contributed by atoms with Crippen LogP contribution in [0.25, 0.3) is 0 Å². The number of rotatable bonds is 10. The van der Waals surface area contributed by atoms with Crippen LogP contribution in [0.4, 0.5) is 5.69 Å². The van der Waals surface area contributed by atoms with Crippen molar-refractivity contribution in [1.82, 2.24) is 10.2 Å². The van der Waals surface area contributed by atoms with E-state index >= 15 is 0 Å². The minimum Gasteiger partial charge on any atom is -0.486 e. The van der Waals surface area contributed by atoms with E-state index in [1.54, 1.807) is 25.1 Å². The van der Waals surface area contributed by atoms with E-state index in [2.05, 4.69) is 5.32 Å². The van der Waals surface area contributed by atoms with Gasteiger partial charge in [0, 0.05) is 18.7 Å². The van der Waals surface area contributed by atoms with E-state index in [0.29, 0.717) is 36.8 Å².